The average molecular weight is 344 g/mol. The van der Waals surface area contributed by atoms with E-state index in [1.165, 1.54) is 0 Å². The molecule has 0 saturated carbocycles. The molecule has 4 heteroatoms. The predicted molar refractivity (Wildman–Crippen MR) is 98.8 cm³/mol. The first-order chi connectivity index (χ1) is 11.0. The zero-order chi connectivity index (χ0) is 17.8. The van der Waals surface area contributed by atoms with Gasteiger partial charge in [0.15, 0.2) is 11.5 Å². The fraction of sp³-hybridized carbons (Fsp3) is 0.400. The van der Waals surface area contributed by atoms with Gasteiger partial charge in [-0.15, -0.1) is 0 Å². The Bertz CT molecular complexity index is 811. The fourth-order valence-electron chi connectivity index (χ4n) is 2.74. The zero-order valence-electron chi connectivity index (χ0n) is 15.2. The quantitative estimate of drug-likeness (QED) is 0.634. The van der Waals surface area contributed by atoms with Gasteiger partial charge in [0.25, 0.3) is 0 Å². The van der Waals surface area contributed by atoms with Crippen molar-refractivity contribution in [2.75, 3.05) is 0 Å². The maximum absolute atomic E-state index is 13.3. The molecule has 3 nitrogen and oxygen atoms in total. The predicted octanol–water partition coefficient (Wildman–Crippen LogP) is 5.57. The number of hydrogen-bond donors (Lipinski definition) is 0. The third-order valence-electron chi connectivity index (χ3n) is 4.23. The lowest BCUT2D eigenvalue weighted by atomic mass is 9.80. The molecule has 24 heavy (non-hydrogen) atoms. The maximum Gasteiger partial charge on any atom is 0.463 e. The summed E-state index contributed by atoms with van der Waals surface area (Å²) in [7, 11) is -3.37. The lowest BCUT2D eigenvalue weighted by Crippen LogP contribution is -2.16. The first-order valence-corrected chi connectivity index (χ1v) is 9.79. The summed E-state index contributed by atoms with van der Waals surface area (Å²) in [5.74, 6) is 1.20. The molecule has 1 aliphatic rings. The Morgan fingerprint density at radius 2 is 1.46 bits per heavy atom. The highest BCUT2D eigenvalue weighted by Gasteiger charge is 2.42. The van der Waals surface area contributed by atoms with Gasteiger partial charge in [0.2, 0.25) is 0 Å². The van der Waals surface area contributed by atoms with E-state index in [1.54, 1.807) is 12.1 Å². The highest BCUT2D eigenvalue weighted by molar-refractivity contribution is 7.63. The van der Waals surface area contributed by atoms with Crippen molar-refractivity contribution in [1.82, 2.24) is 0 Å². The molecule has 0 fully saturated rings. The normalized spacial score (nSPS) is 20.2. The van der Waals surface area contributed by atoms with Gasteiger partial charge >= 0.3 is 7.60 Å². The molecule has 0 N–H and O–H groups in total. The van der Waals surface area contributed by atoms with Crippen molar-refractivity contribution >= 4 is 12.9 Å². The minimum absolute atomic E-state index is 0.0300. The molecule has 0 saturated heterocycles. The molecule has 128 valence electrons. The molecule has 1 heterocycles. The van der Waals surface area contributed by atoms with Crippen molar-refractivity contribution in [2.45, 2.75) is 52.4 Å². The minimum Gasteiger partial charge on any atom is -0.409 e. The van der Waals surface area contributed by atoms with Gasteiger partial charge in [-0.1, -0.05) is 65.8 Å². The largest absolute Gasteiger partial charge is 0.463 e. The summed E-state index contributed by atoms with van der Waals surface area (Å²) in [6, 6.07) is 13.3. The number of hydrogen-bond acceptors (Lipinski definition) is 3. The summed E-state index contributed by atoms with van der Waals surface area (Å²) >= 11 is 0. The molecule has 1 aliphatic heterocycles. The van der Waals surface area contributed by atoms with E-state index >= 15 is 0 Å². The molecule has 1 atom stereocenters. The smallest absolute Gasteiger partial charge is 0.409 e. The Kier molecular flexibility index (Phi) is 3.84. The van der Waals surface area contributed by atoms with E-state index in [4.69, 9.17) is 9.05 Å². The first kappa shape index (κ1) is 17.1. The molecule has 0 spiro atoms. The van der Waals surface area contributed by atoms with Crippen LogP contribution in [-0.4, -0.2) is 0 Å². The SMILES string of the molecule is CC(C)(C)c1cc2c(c(C(C)(C)C)c1)OP(=O)(c1ccccc1)O2. The second-order valence-corrected chi connectivity index (χ2v) is 10.2. The maximum atomic E-state index is 13.3. The van der Waals surface area contributed by atoms with Gasteiger partial charge in [0, 0.05) is 5.56 Å². The molecule has 0 radical (unpaired) electrons. The molecule has 2 aromatic carbocycles. The van der Waals surface area contributed by atoms with Gasteiger partial charge in [0.05, 0.1) is 5.30 Å². The van der Waals surface area contributed by atoms with Gasteiger partial charge in [-0.3, -0.25) is 0 Å². The Hall–Kier alpha value is -1.73. The van der Waals surface area contributed by atoms with Crippen LogP contribution in [0.1, 0.15) is 52.7 Å². The molecular weight excluding hydrogens is 319 g/mol. The van der Waals surface area contributed by atoms with Crippen LogP contribution in [-0.2, 0) is 15.4 Å². The Balaban J connectivity index is 2.16. The summed E-state index contributed by atoms with van der Waals surface area (Å²) in [5.41, 5.74) is 2.01. The summed E-state index contributed by atoms with van der Waals surface area (Å²) in [6.45, 7) is 12.9. The van der Waals surface area contributed by atoms with Crippen molar-refractivity contribution in [3.8, 4) is 11.5 Å². The van der Waals surface area contributed by atoms with Crippen LogP contribution >= 0.6 is 7.60 Å². The van der Waals surface area contributed by atoms with Gasteiger partial charge in [-0.2, -0.15) is 0 Å². The number of fused-ring (bicyclic) bond motifs is 1. The molecule has 3 rings (SSSR count). The lowest BCUT2D eigenvalue weighted by molar-refractivity contribution is 0.441. The summed E-state index contributed by atoms with van der Waals surface area (Å²) < 4.78 is 25.1. The number of rotatable bonds is 1. The average Bonchev–Trinajstić information content (AvgIpc) is 2.82. The standard InChI is InChI=1S/C20H25O3P/c1-19(2,3)14-12-16(20(4,5)6)18-17(13-14)22-24(21,23-18)15-10-8-7-9-11-15/h7-13H,1-6H3. The van der Waals surface area contributed by atoms with Crippen LogP contribution in [0.15, 0.2) is 42.5 Å². The van der Waals surface area contributed by atoms with Crippen LogP contribution in [0.3, 0.4) is 0 Å². The topological polar surface area (TPSA) is 35.5 Å². The van der Waals surface area contributed by atoms with E-state index in [9.17, 15) is 4.57 Å². The fourth-order valence-corrected chi connectivity index (χ4v) is 4.35. The molecule has 0 aliphatic carbocycles. The van der Waals surface area contributed by atoms with Crippen molar-refractivity contribution in [2.24, 2.45) is 0 Å². The van der Waals surface area contributed by atoms with Gasteiger partial charge in [-0.05, 0) is 34.6 Å². The molecule has 1 unspecified atom stereocenters. The minimum atomic E-state index is -3.37. The molecule has 2 aromatic rings. The summed E-state index contributed by atoms with van der Waals surface area (Å²) in [6.07, 6.45) is 0. The molecule has 0 bridgehead atoms. The molecule has 0 aromatic heterocycles. The lowest BCUT2D eigenvalue weighted by Gasteiger charge is -2.25. The summed E-state index contributed by atoms with van der Waals surface area (Å²) in [5, 5.41) is 0.582. The highest BCUT2D eigenvalue weighted by Crippen LogP contribution is 2.60. The van der Waals surface area contributed by atoms with Gasteiger partial charge in [0.1, 0.15) is 0 Å². The highest BCUT2D eigenvalue weighted by atomic mass is 31.2. The van der Waals surface area contributed by atoms with E-state index in [1.807, 2.05) is 24.3 Å². The van der Waals surface area contributed by atoms with E-state index in [0.29, 0.717) is 16.8 Å². The molecular formula is C20H25O3P. The van der Waals surface area contributed by atoms with Crippen molar-refractivity contribution in [3.05, 3.63) is 53.6 Å². The third kappa shape index (κ3) is 2.98. The van der Waals surface area contributed by atoms with E-state index < -0.39 is 7.60 Å². The van der Waals surface area contributed by atoms with Crippen molar-refractivity contribution in [3.63, 3.8) is 0 Å². The Labute approximate surface area is 144 Å². The van der Waals surface area contributed by atoms with Crippen LogP contribution in [0, 0.1) is 0 Å². The van der Waals surface area contributed by atoms with Crippen LogP contribution in [0.2, 0.25) is 0 Å². The van der Waals surface area contributed by atoms with Crippen molar-refractivity contribution < 1.29 is 13.6 Å². The molecule has 0 amide bonds. The Morgan fingerprint density at radius 1 is 0.833 bits per heavy atom. The number of benzene rings is 2. The zero-order valence-corrected chi connectivity index (χ0v) is 16.1. The first-order valence-electron chi connectivity index (χ1n) is 8.24. The second kappa shape index (κ2) is 5.39. The van der Waals surface area contributed by atoms with E-state index in [-0.39, 0.29) is 10.8 Å². The van der Waals surface area contributed by atoms with E-state index in [0.717, 1.165) is 11.1 Å². The monoisotopic (exact) mass is 344 g/mol. The van der Waals surface area contributed by atoms with Gasteiger partial charge in [-0.25, -0.2) is 4.57 Å². The Morgan fingerprint density at radius 3 is 2.00 bits per heavy atom. The summed E-state index contributed by atoms with van der Waals surface area (Å²) in [4.78, 5) is 0. The third-order valence-corrected chi connectivity index (χ3v) is 6.02. The van der Waals surface area contributed by atoms with Gasteiger partial charge < -0.3 is 9.05 Å². The van der Waals surface area contributed by atoms with Crippen LogP contribution in [0.5, 0.6) is 11.5 Å². The van der Waals surface area contributed by atoms with Crippen LogP contribution < -0.4 is 14.4 Å². The van der Waals surface area contributed by atoms with Crippen LogP contribution in [0.25, 0.3) is 0 Å². The second-order valence-electron chi connectivity index (χ2n) is 8.37. The van der Waals surface area contributed by atoms with E-state index in [2.05, 4.69) is 47.6 Å². The van der Waals surface area contributed by atoms with Crippen LogP contribution in [0.4, 0.5) is 0 Å². The van der Waals surface area contributed by atoms with Crippen molar-refractivity contribution in [1.29, 1.82) is 0 Å².